The van der Waals surface area contributed by atoms with Gasteiger partial charge in [-0.2, -0.15) is 0 Å². The standard InChI is InChI=1S/C15H14N2OS3/c1-10-13(21-14(16-10)12-6-4-8-20-12)15(18)17(2)9-11-5-3-7-19-11/h3-8H,9H2,1-2H3. The lowest BCUT2D eigenvalue weighted by atomic mass is 10.3. The molecule has 3 rings (SSSR count). The normalized spacial score (nSPS) is 10.8. The highest BCUT2D eigenvalue weighted by Crippen LogP contribution is 2.31. The summed E-state index contributed by atoms with van der Waals surface area (Å²) in [7, 11) is 1.84. The number of thiophene rings is 2. The molecule has 0 aliphatic carbocycles. The topological polar surface area (TPSA) is 33.2 Å². The fourth-order valence-corrected chi connectivity index (χ4v) is 4.60. The lowest BCUT2D eigenvalue weighted by molar-refractivity contribution is 0.0790. The maximum atomic E-state index is 12.6. The minimum absolute atomic E-state index is 0.0428. The highest BCUT2D eigenvalue weighted by Gasteiger charge is 2.20. The van der Waals surface area contributed by atoms with Gasteiger partial charge >= 0.3 is 0 Å². The van der Waals surface area contributed by atoms with Gasteiger partial charge in [0.1, 0.15) is 9.88 Å². The van der Waals surface area contributed by atoms with Crippen molar-refractivity contribution in [1.82, 2.24) is 9.88 Å². The first kappa shape index (κ1) is 14.4. The third-order valence-corrected chi connectivity index (χ3v) is 6.09. The Balaban J connectivity index is 1.81. The van der Waals surface area contributed by atoms with Crippen LogP contribution in [-0.2, 0) is 6.54 Å². The number of carbonyl (C=O) groups is 1. The third kappa shape index (κ3) is 3.07. The van der Waals surface area contributed by atoms with Gasteiger partial charge in [0.25, 0.3) is 5.91 Å². The Morgan fingerprint density at radius 2 is 2.00 bits per heavy atom. The average molecular weight is 334 g/mol. The first-order valence-corrected chi connectivity index (χ1v) is 9.02. The number of thiazole rings is 1. The van der Waals surface area contributed by atoms with Crippen molar-refractivity contribution in [2.45, 2.75) is 13.5 Å². The lowest BCUT2D eigenvalue weighted by Gasteiger charge is -2.15. The zero-order chi connectivity index (χ0) is 14.8. The first-order valence-electron chi connectivity index (χ1n) is 6.44. The van der Waals surface area contributed by atoms with E-state index in [4.69, 9.17) is 0 Å². The molecule has 0 aliphatic rings. The van der Waals surface area contributed by atoms with Crippen molar-refractivity contribution in [2.75, 3.05) is 7.05 Å². The van der Waals surface area contributed by atoms with E-state index in [0.717, 1.165) is 20.5 Å². The smallest absolute Gasteiger partial charge is 0.265 e. The minimum Gasteiger partial charge on any atom is -0.336 e. The van der Waals surface area contributed by atoms with Crippen LogP contribution >= 0.6 is 34.0 Å². The van der Waals surface area contributed by atoms with Gasteiger partial charge in [0, 0.05) is 11.9 Å². The SMILES string of the molecule is Cc1nc(-c2cccs2)sc1C(=O)N(C)Cc1cccs1. The third-order valence-electron chi connectivity index (χ3n) is 3.04. The Bertz CT molecular complexity index is 729. The van der Waals surface area contributed by atoms with Crippen LogP contribution in [0.25, 0.3) is 9.88 Å². The second-order valence-corrected chi connectivity index (χ2v) is 7.63. The number of aromatic nitrogens is 1. The molecule has 0 N–H and O–H groups in total. The molecular weight excluding hydrogens is 320 g/mol. The van der Waals surface area contributed by atoms with Crippen molar-refractivity contribution in [3.63, 3.8) is 0 Å². The number of hydrogen-bond acceptors (Lipinski definition) is 5. The number of rotatable bonds is 4. The second-order valence-electron chi connectivity index (χ2n) is 4.65. The van der Waals surface area contributed by atoms with E-state index in [1.54, 1.807) is 27.6 Å². The Hall–Kier alpha value is -1.50. The van der Waals surface area contributed by atoms with Gasteiger partial charge in [-0.3, -0.25) is 4.79 Å². The molecule has 0 radical (unpaired) electrons. The second kappa shape index (κ2) is 6.09. The molecule has 6 heteroatoms. The maximum Gasteiger partial charge on any atom is 0.265 e. The van der Waals surface area contributed by atoms with Gasteiger partial charge in [-0.15, -0.1) is 34.0 Å². The van der Waals surface area contributed by atoms with E-state index in [2.05, 4.69) is 4.98 Å². The van der Waals surface area contributed by atoms with E-state index < -0.39 is 0 Å². The summed E-state index contributed by atoms with van der Waals surface area (Å²) in [4.78, 5) is 21.9. The number of aryl methyl sites for hydroxylation is 1. The van der Waals surface area contributed by atoms with Crippen LogP contribution in [0.2, 0.25) is 0 Å². The molecule has 1 amide bonds. The Kier molecular flexibility index (Phi) is 4.19. The van der Waals surface area contributed by atoms with Crippen LogP contribution in [0.5, 0.6) is 0 Å². The molecule has 3 nitrogen and oxygen atoms in total. The van der Waals surface area contributed by atoms with Crippen molar-refractivity contribution in [2.24, 2.45) is 0 Å². The fourth-order valence-electron chi connectivity index (χ4n) is 1.98. The van der Waals surface area contributed by atoms with Crippen LogP contribution in [0.1, 0.15) is 20.2 Å². The van der Waals surface area contributed by atoms with Crippen LogP contribution in [0.15, 0.2) is 35.0 Å². The molecule has 0 aromatic carbocycles. The van der Waals surface area contributed by atoms with E-state index in [9.17, 15) is 4.79 Å². The highest BCUT2D eigenvalue weighted by molar-refractivity contribution is 7.22. The van der Waals surface area contributed by atoms with Crippen LogP contribution in [0.3, 0.4) is 0 Å². The molecule has 0 atom stereocenters. The summed E-state index contributed by atoms with van der Waals surface area (Å²) < 4.78 is 0. The maximum absolute atomic E-state index is 12.6. The molecule has 3 aromatic rings. The van der Waals surface area contributed by atoms with Crippen LogP contribution in [-0.4, -0.2) is 22.8 Å². The molecule has 3 aromatic heterocycles. The molecule has 0 fully saturated rings. The summed E-state index contributed by atoms with van der Waals surface area (Å²) in [6, 6.07) is 8.09. The minimum atomic E-state index is 0.0428. The van der Waals surface area contributed by atoms with Crippen molar-refractivity contribution >= 4 is 39.9 Å². The highest BCUT2D eigenvalue weighted by atomic mass is 32.1. The van der Waals surface area contributed by atoms with Gasteiger partial charge in [-0.1, -0.05) is 12.1 Å². The Morgan fingerprint density at radius 1 is 1.24 bits per heavy atom. The molecule has 0 unspecified atom stereocenters. The number of amides is 1. The number of hydrogen-bond donors (Lipinski definition) is 0. The summed E-state index contributed by atoms with van der Waals surface area (Å²) in [5.74, 6) is 0.0428. The van der Waals surface area contributed by atoms with Gasteiger partial charge in [0.2, 0.25) is 0 Å². The van der Waals surface area contributed by atoms with Crippen molar-refractivity contribution < 1.29 is 4.79 Å². The monoisotopic (exact) mass is 334 g/mol. The first-order chi connectivity index (χ1) is 10.1. The van der Waals surface area contributed by atoms with Crippen molar-refractivity contribution in [3.05, 3.63) is 50.5 Å². The van der Waals surface area contributed by atoms with Gasteiger partial charge in [-0.05, 0) is 29.8 Å². The zero-order valence-electron chi connectivity index (χ0n) is 11.7. The molecule has 0 spiro atoms. The Labute approximate surface area is 135 Å². The fraction of sp³-hybridized carbons (Fsp3) is 0.200. The van der Waals surface area contributed by atoms with Gasteiger partial charge in [0.05, 0.1) is 17.1 Å². The van der Waals surface area contributed by atoms with Gasteiger partial charge < -0.3 is 4.90 Å². The van der Waals surface area contributed by atoms with Crippen LogP contribution < -0.4 is 0 Å². The molecule has 21 heavy (non-hydrogen) atoms. The van der Waals surface area contributed by atoms with Crippen molar-refractivity contribution in [3.8, 4) is 9.88 Å². The van der Waals surface area contributed by atoms with E-state index in [1.807, 2.05) is 49.0 Å². The summed E-state index contributed by atoms with van der Waals surface area (Å²) >= 11 is 4.79. The predicted octanol–water partition coefficient (Wildman–Crippen LogP) is 4.51. The van der Waals surface area contributed by atoms with E-state index in [-0.39, 0.29) is 5.91 Å². The molecule has 0 aliphatic heterocycles. The zero-order valence-corrected chi connectivity index (χ0v) is 14.1. The molecular formula is C15H14N2OS3. The van der Waals surface area contributed by atoms with E-state index in [0.29, 0.717) is 6.54 Å². The Morgan fingerprint density at radius 3 is 2.67 bits per heavy atom. The van der Waals surface area contributed by atoms with E-state index in [1.165, 1.54) is 16.2 Å². The quantitative estimate of drug-likeness (QED) is 0.703. The molecule has 3 heterocycles. The lowest BCUT2D eigenvalue weighted by Crippen LogP contribution is -2.25. The molecule has 0 bridgehead atoms. The summed E-state index contributed by atoms with van der Waals surface area (Å²) in [5.41, 5.74) is 0.812. The largest absolute Gasteiger partial charge is 0.336 e. The predicted molar refractivity (Wildman–Crippen MR) is 90.3 cm³/mol. The average Bonchev–Trinajstić information content (AvgIpc) is 3.18. The summed E-state index contributed by atoms with van der Waals surface area (Å²) in [6.07, 6.45) is 0. The van der Waals surface area contributed by atoms with Crippen LogP contribution in [0, 0.1) is 6.92 Å². The van der Waals surface area contributed by atoms with Crippen LogP contribution in [0.4, 0.5) is 0 Å². The van der Waals surface area contributed by atoms with Gasteiger partial charge in [0.15, 0.2) is 0 Å². The number of nitrogens with zero attached hydrogens (tertiary/aromatic N) is 2. The van der Waals surface area contributed by atoms with Gasteiger partial charge in [-0.25, -0.2) is 4.98 Å². The summed E-state index contributed by atoms with van der Waals surface area (Å²) in [5, 5.41) is 4.98. The van der Waals surface area contributed by atoms with Crippen molar-refractivity contribution in [1.29, 1.82) is 0 Å². The summed E-state index contributed by atoms with van der Waals surface area (Å²) in [6.45, 7) is 2.54. The van der Waals surface area contributed by atoms with E-state index >= 15 is 0 Å². The number of carbonyl (C=O) groups excluding carboxylic acids is 1. The molecule has 0 saturated heterocycles. The molecule has 0 saturated carbocycles. The molecule has 108 valence electrons.